The molecule has 0 amide bonds. The molecule has 0 aromatic rings. The van der Waals surface area contributed by atoms with Gasteiger partial charge in [0.15, 0.2) is 0 Å². The average Bonchev–Trinajstić information content (AvgIpc) is 2.02. The summed E-state index contributed by atoms with van der Waals surface area (Å²) in [5.41, 5.74) is 2.17. The van der Waals surface area contributed by atoms with Crippen molar-refractivity contribution in [3.63, 3.8) is 0 Å². The summed E-state index contributed by atoms with van der Waals surface area (Å²) in [7, 11) is 0. The molecule has 0 radical (unpaired) electrons. The Kier molecular flexibility index (Phi) is 3.61. The third kappa shape index (κ3) is 2.68. The minimum atomic E-state index is -1.90. The zero-order chi connectivity index (χ0) is 11.6. The van der Waals surface area contributed by atoms with Crippen LogP contribution < -0.4 is 5.73 Å². The van der Waals surface area contributed by atoms with E-state index in [0.29, 0.717) is 0 Å². The van der Waals surface area contributed by atoms with Gasteiger partial charge in [0.05, 0.1) is 12.0 Å². The molecule has 14 heavy (non-hydrogen) atoms. The summed E-state index contributed by atoms with van der Waals surface area (Å²) >= 11 is 0. The highest BCUT2D eigenvalue weighted by molar-refractivity contribution is 5.81. The summed E-state index contributed by atoms with van der Waals surface area (Å²) in [6.07, 6.45) is -0.332. The second kappa shape index (κ2) is 3.93. The molecule has 0 aliphatic heterocycles. The van der Waals surface area contributed by atoms with Gasteiger partial charge >= 0.3 is 11.9 Å². The van der Waals surface area contributed by atoms with Crippen molar-refractivity contribution in [3.05, 3.63) is 0 Å². The van der Waals surface area contributed by atoms with Crippen molar-refractivity contribution in [3.8, 4) is 0 Å². The molecule has 0 rings (SSSR count). The van der Waals surface area contributed by atoms with Crippen LogP contribution in [-0.4, -0.2) is 39.4 Å². The van der Waals surface area contributed by atoms with Gasteiger partial charge in [0.2, 0.25) is 0 Å². The van der Waals surface area contributed by atoms with Gasteiger partial charge in [-0.3, -0.25) is 9.59 Å². The van der Waals surface area contributed by atoms with Crippen LogP contribution in [0.25, 0.3) is 0 Å². The maximum Gasteiger partial charge on any atom is 0.326 e. The molecular weight excluding hydrogens is 190 g/mol. The molecular formula is C8H15NO5. The van der Waals surface area contributed by atoms with Crippen molar-refractivity contribution in [2.45, 2.75) is 25.8 Å². The molecule has 0 fully saturated rings. The lowest BCUT2D eigenvalue weighted by Crippen LogP contribution is -2.55. The summed E-state index contributed by atoms with van der Waals surface area (Å²) in [4.78, 5) is 21.4. The summed E-state index contributed by atoms with van der Waals surface area (Å²) in [6, 6.07) is 0. The predicted octanol–water partition coefficient (Wildman–Crippen LogP) is -0.738. The van der Waals surface area contributed by atoms with E-state index in [1.54, 1.807) is 0 Å². The molecule has 0 aromatic carbocycles. The molecule has 0 aliphatic carbocycles. The van der Waals surface area contributed by atoms with E-state index in [4.69, 9.17) is 21.1 Å². The minimum absolute atomic E-state index is 0.332. The van der Waals surface area contributed by atoms with Crippen molar-refractivity contribution >= 4 is 11.9 Å². The van der Waals surface area contributed by atoms with Gasteiger partial charge in [-0.05, 0) is 20.3 Å². The Labute approximate surface area is 81.3 Å². The van der Waals surface area contributed by atoms with Crippen LogP contribution in [0.15, 0.2) is 0 Å². The van der Waals surface area contributed by atoms with Crippen LogP contribution in [0.2, 0.25) is 0 Å². The van der Waals surface area contributed by atoms with Crippen LogP contribution in [0.3, 0.4) is 0 Å². The largest absolute Gasteiger partial charge is 0.481 e. The number of aliphatic hydroxyl groups is 1. The van der Waals surface area contributed by atoms with E-state index in [1.807, 2.05) is 0 Å². The van der Waals surface area contributed by atoms with Gasteiger partial charge < -0.3 is 21.1 Å². The van der Waals surface area contributed by atoms with E-state index in [1.165, 1.54) is 13.8 Å². The molecule has 1 unspecified atom stereocenters. The van der Waals surface area contributed by atoms with E-state index in [9.17, 15) is 9.59 Å². The van der Waals surface area contributed by atoms with Crippen LogP contribution in [-0.2, 0) is 9.59 Å². The quantitative estimate of drug-likeness (QED) is 0.469. The first-order chi connectivity index (χ1) is 6.15. The maximum atomic E-state index is 10.7. The summed E-state index contributed by atoms with van der Waals surface area (Å²) < 4.78 is 0. The number of carbonyl (C=O) groups is 2. The molecule has 1 atom stereocenters. The monoisotopic (exact) mass is 205 g/mol. The Morgan fingerprint density at radius 1 is 1.21 bits per heavy atom. The van der Waals surface area contributed by atoms with Gasteiger partial charge in [0.1, 0.15) is 5.54 Å². The van der Waals surface area contributed by atoms with E-state index in [0.717, 1.165) is 0 Å². The SMILES string of the molecule is CC(C)(CC(N)(CO)C(=O)O)C(=O)O. The van der Waals surface area contributed by atoms with Gasteiger partial charge in [0, 0.05) is 0 Å². The molecule has 6 heteroatoms. The highest BCUT2D eigenvalue weighted by Gasteiger charge is 2.42. The molecule has 0 aliphatic rings. The minimum Gasteiger partial charge on any atom is -0.481 e. The number of carboxylic acid groups (broad SMARTS) is 2. The van der Waals surface area contributed by atoms with Crippen LogP contribution in [0.1, 0.15) is 20.3 Å². The van der Waals surface area contributed by atoms with Gasteiger partial charge in [-0.1, -0.05) is 0 Å². The van der Waals surface area contributed by atoms with Gasteiger partial charge in [-0.2, -0.15) is 0 Å². The Hall–Kier alpha value is -1.14. The molecule has 6 nitrogen and oxygen atoms in total. The van der Waals surface area contributed by atoms with Crippen LogP contribution in [0.5, 0.6) is 0 Å². The first-order valence-electron chi connectivity index (χ1n) is 4.02. The van der Waals surface area contributed by atoms with Crippen LogP contribution >= 0.6 is 0 Å². The lowest BCUT2D eigenvalue weighted by molar-refractivity contribution is -0.152. The van der Waals surface area contributed by atoms with Crippen molar-refractivity contribution in [1.82, 2.24) is 0 Å². The number of hydrogen-bond acceptors (Lipinski definition) is 4. The first-order valence-corrected chi connectivity index (χ1v) is 4.02. The van der Waals surface area contributed by atoms with Gasteiger partial charge in [0.25, 0.3) is 0 Å². The Morgan fingerprint density at radius 2 is 1.64 bits per heavy atom. The molecule has 0 saturated heterocycles. The second-order valence-electron chi connectivity index (χ2n) is 3.99. The van der Waals surface area contributed by atoms with Gasteiger partial charge in [-0.15, -0.1) is 0 Å². The summed E-state index contributed by atoms with van der Waals surface area (Å²) in [5.74, 6) is -2.56. The van der Waals surface area contributed by atoms with E-state index < -0.39 is 29.5 Å². The third-order valence-electron chi connectivity index (χ3n) is 2.04. The first kappa shape index (κ1) is 12.9. The predicted molar refractivity (Wildman–Crippen MR) is 47.7 cm³/mol. The van der Waals surface area contributed by atoms with Crippen molar-refractivity contribution < 1.29 is 24.9 Å². The zero-order valence-electron chi connectivity index (χ0n) is 8.15. The second-order valence-corrected chi connectivity index (χ2v) is 3.99. The molecule has 5 N–H and O–H groups in total. The summed E-state index contributed by atoms with van der Waals surface area (Å²) in [6.45, 7) is 1.92. The lowest BCUT2D eigenvalue weighted by Gasteiger charge is -2.29. The molecule has 0 bridgehead atoms. The van der Waals surface area contributed by atoms with E-state index in [2.05, 4.69) is 0 Å². The highest BCUT2D eigenvalue weighted by Crippen LogP contribution is 2.27. The standard InChI is InChI=1S/C8H15NO5/c1-7(2,5(11)12)3-8(9,4-10)6(13)14/h10H,3-4,9H2,1-2H3,(H,11,12)(H,13,14). The van der Waals surface area contributed by atoms with Crippen molar-refractivity contribution in [1.29, 1.82) is 0 Å². The number of aliphatic carboxylic acids is 2. The average molecular weight is 205 g/mol. The summed E-state index contributed by atoms with van der Waals surface area (Å²) in [5, 5.41) is 26.3. The maximum absolute atomic E-state index is 10.7. The number of carboxylic acids is 2. The van der Waals surface area contributed by atoms with Crippen molar-refractivity contribution in [2.24, 2.45) is 11.1 Å². The Bertz CT molecular complexity index is 250. The number of aliphatic hydroxyl groups excluding tert-OH is 1. The number of hydrogen-bond donors (Lipinski definition) is 4. The molecule has 0 aromatic heterocycles. The van der Waals surface area contributed by atoms with Crippen LogP contribution in [0, 0.1) is 5.41 Å². The highest BCUT2D eigenvalue weighted by atomic mass is 16.4. The smallest absolute Gasteiger partial charge is 0.326 e. The molecule has 0 saturated carbocycles. The van der Waals surface area contributed by atoms with Crippen molar-refractivity contribution in [2.75, 3.05) is 6.61 Å². The fraction of sp³-hybridized carbons (Fsp3) is 0.750. The number of rotatable bonds is 5. The zero-order valence-corrected chi connectivity index (χ0v) is 8.15. The molecule has 0 heterocycles. The molecule has 82 valence electrons. The number of nitrogens with two attached hydrogens (primary N) is 1. The fourth-order valence-electron chi connectivity index (χ4n) is 1.06. The fourth-order valence-corrected chi connectivity index (χ4v) is 1.06. The van der Waals surface area contributed by atoms with Gasteiger partial charge in [-0.25, -0.2) is 0 Å². The lowest BCUT2D eigenvalue weighted by atomic mass is 9.79. The van der Waals surface area contributed by atoms with E-state index in [-0.39, 0.29) is 6.42 Å². The third-order valence-corrected chi connectivity index (χ3v) is 2.04. The topological polar surface area (TPSA) is 121 Å². The Morgan fingerprint density at radius 3 is 1.86 bits per heavy atom. The van der Waals surface area contributed by atoms with Crippen LogP contribution in [0.4, 0.5) is 0 Å². The molecule has 0 spiro atoms. The normalized spacial score (nSPS) is 16.0. The Balaban J connectivity index is 4.79. The van der Waals surface area contributed by atoms with E-state index >= 15 is 0 Å².